The van der Waals surface area contributed by atoms with Crippen molar-refractivity contribution in [3.05, 3.63) is 12.2 Å². The Morgan fingerprint density at radius 3 is 2.70 bits per heavy atom. The predicted molar refractivity (Wildman–Crippen MR) is 82.7 cm³/mol. The largest absolute Gasteiger partial charge is 0.392 e. The summed E-state index contributed by atoms with van der Waals surface area (Å²) in [7, 11) is 0. The molecule has 1 aliphatic rings. The number of ether oxygens (including phenoxy) is 2. The molecule has 0 spiro atoms. The number of allylic oxidation sites excluding steroid dienone is 1. The van der Waals surface area contributed by atoms with Crippen molar-refractivity contribution in [3.63, 3.8) is 0 Å². The summed E-state index contributed by atoms with van der Waals surface area (Å²) in [5.41, 5.74) is 0. The van der Waals surface area contributed by atoms with Gasteiger partial charge < -0.3 is 14.6 Å². The maximum atomic E-state index is 8.60. The molecule has 2 atom stereocenters. The van der Waals surface area contributed by atoms with E-state index in [1.165, 1.54) is 44.9 Å². The zero-order valence-corrected chi connectivity index (χ0v) is 13.1. The molecule has 0 radical (unpaired) electrons. The first-order valence-corrected chi connectivity index (χ1v) is 8.36. The third-order valence-electron chi connectivity index (χ3n) is 3.78. The second kappa shape index (κ2) is 12.4. The van der Waals surface area contributed by atoms with Gasteiger partial charge in [0.15, 0.2) is 6.29 Å². The highest BCUT2D eigenvalue weighted by atomic mass is 16.7. The molecule has 1 saturated heterocycles. The van der Waals surface area contributed by atoms with Crippen LogP contribution in [-0.4, -0.2) is 30.7 Å². The lowest BCUT2D eigenvalue weighted by Crippen LogP contribution is -2.26. The maximum absolute atomic E-state index is 8.60. The fraction of sp³-hybridized carbons (Fsp3) is 0.882. The van der Waals surface area contributed by atoms with Gasteiger partial charge in [-0.3, -0.25) is 0 Å². The molecule has 0 amide bonds. The number of aliphatic hydroxyl groups excluding tert-OH is 1. The third kappa shape index (κ3) is 9.51. The molecule has 1 aliphatic heterocycles. The van der Waals surface area contributed by atoms with Crippen LogP contribution in [0.15, 0.2) is 12.2 Å². The van der Waals surface area contributed by atoms with Crippen molar-refractivity contribution in [2.45, 2.75) is 83.5 Å². The van der Waals surface area contributed by atoms with E-state index < -0.39 is 0 Å². The molecule has 0 aromatic rings. The van der Waals surface area contributed by atoms with E-state index >= 15 is 0 Å². The van der Waals surface area contributed by atoms with Crippen LogP contribution in [0.3, 0.4) is 0 Å². The monoisotopic (exact) mass is 284 g/mol. The summed E-state index contributed by atoms with van der Waals surface area (Å²) in [6, 6.07) is 0. The molecule has 0 saturated carbocycles. The minimum absolute atomic E-state index is 0.0528. The highest BCUT2D eigenvalue weighted by Crippen LogP contribution is 2.18. The predicted octanol–water partition coefficient (Wildman–Crippen LogP) is 4.20. The van der Waals surface area contributed by atoms with Crippen LogP contribution >= 0.6 is 0 Å². The SMILES string of the molecule is CC(CCCCCCC/C=C/CO)OC1CCCCO1. The Morgan fingerprint density at radius 2 is 1.95 bits per heavy atom. The van der Waals surface area contributed by atoms with Crippen LogP contribution in [0.25, 0.3) is 0 Å². The van der Waals surface area contributed by atoms with Crippen molar-refractivity contribution >= 4 is 0 Å². The van der Waals surface area contributed by atoms with E-state index in [1.807, 2.05) is 6.08 Å². The van der Waals surface area contributed by atoms with Crippen LogP contribution in [0.1, 0.15) is 71.1 Å². The van der Waals surface area contributed by atoms with Crippen LogP contribution in [0.2, 0.25) is 0 Å². The van der Waals surface area contributed by atoms with Crippen LogP contribution in [-0.2, 0) is 9.47 Å². The smallest absolute Gasteiger partial charge is 0.157 e. The minimum atomic E-state index is 0.0528. The lowest BCUT2D eigenvalue weighted by atomic mass is 10.1. The van der Waals surface area contributed by atoms with E-state index in [0.717, 1.165) is 25.9 Å². The molecule has 0 aromatic carbocycles. The van der Waals surface area contributed by atoms with E-state index in [2.05, 4.69) is 13.0 Å². The molecule has 3 nitrogen and oxygen atoms in total. The molecule has 1 heterocycles. The zero-order valence-electron chi connectivity index (χ0n) is 13.1. The molecule has 3 heteroatoms. The zero-order chi connectivity index (χ0) is 14.5. The van der Waals surface area contributed by atoms with Crippen molar-refractivity contribution in [3.8, 4) is 0 Å². The molecule has 20 heavy (non-hydrogen) atoms. The average molecular weight is 284 g/mol. The summed E-state index contributed by atoms with van der Waals surface area (Å²) < 4.78 is 11.5. The van der Waals surface area contributed by atoms with Crippen molar-refractivity contribution in [2.75, 3.05) is 13.2 Å². The Hall–Kier alpha value is -0.380. The van der Waals surface area contributed by atoms with Crippen molar-refractivity contribution in [1.82, 2.24) is 0 Å². The summed E-state index contributed by atoms with van der Waals surface area (Å²) >= 11 is 0. The Kier molecular flexibility index (Phi) is 10.9. The first-order chi connectivity index (χ1) is 9.83. The van der Waals surface area contributed by atoms with Crippen LogP contribution < -0.4 is 0 Å². The number of hydrogen-bond acceptors (Lipinski definition) is 3. The van der Waals surface area contributed by atoms with Gasteiger partial charge in [0.1, 0.15) is 0 Å². The third-order valence-corrected chi connectivity index (χ3v) is 3.78. The van der Waals surface area contributed by atoms with Gasteiger partial charge in [-0.05, 0) is 45.4 Å². The summed E-state index contributed by atoms with van der Waals surface area (Å²) in [6.45, 7) is 3.20. The Balaban J connectivity index is 1.86. The number of aliphatic hydroxyl groups is 1. The van der Waals surface area contributed by atoms with Gasteiger partial charge in [-0.2, -0.15) is 0 Å². The normalized spacial score (nSPS) is 21.4. The average Bonchev–Trinajstić information content (AvgIpc) is 2.46. The van der Waals surface area contributed by atoms with Crippen molar-refractivity contribution in [1.29, 1.82) is 0 Å². The lowest BCUT2D eigenvalue weighted by Gasteiger charge is -2.26. The number of rotatable bonds is 11. The van der Waals surface area contributed by atoms with E-state index in [0.29, 0.717) is 6.10 Å². The maximum Gasteiger partial charge on any atom is 0.157 e. The van der Waals surface area contributed by atoms with Crippen molar-refractivity contribution in [2.24, 2.45) is 0 Å². The van der Waals surface area contributed by atoms with Gasteiger partial charge in [0.25, 0.3) is 0 Å². The van der Waals surface area contributed by atoms with Gasteiger partial charge in [-0.25, -0.2) is 0 Å². The minimum Gasteiger partial charge on any atom is -0.392 e. The van der Waals surface area contributed by atoms with Gasteiger partial charge in [-0.15, -0.1) is 0 Å². The summed E-state index contributed by atoms with van der Waals surface area (Å²) in [5.74, 6) is 0. The summed E-state index contributed by atoms with van der Waals surface area (Å²) in [6.07, 6.45) is 16.4. The van der Waals surface area contributed by atoms with E-state index in [9.17, 15) is 0 Å². The molecule has 0 aliphatic carbocycles. The van der Waals surface area contributed by atoms with Crippen LogP contribution in [0, 0.1) is 0 Å². The second-order valence-electron chi connectivity index (χ2n) is 5.74. The highest BCUT2D eigenvalue weighted by Gasteiger charge is 2.16. The Bertz CT molecular complexity index is 234. The molecular weight excluding hydrogens is 252 g/mol. The van der Waals surface area contributed by atoms with Gasteiger partial charge in [0, 0.05) is 6.61 Å². The van der Waals surface area contributed by atoms with Crippen LogP contribution in [0.5, 0.6) is 0 Å². The summed E-state index contributed by atoms with van der Waals surface area (Å²) in [4.78, 5) is 0. The Morgan fingerprint density at radius 1 is 1.15 bits per heavy atom. The van der Waals surface area contributed by atoms with Gasteiger partial charge in [0.05, 0.1) is 12.7 Å². The van der Waals surface area contributed by atoms with Gasteiger partial charge >= 0.3 is 0 Å². The van der Waals surface area contributed by atoms with E-state index in [4.69, 9.17) is 14.6 Å². The Labute approximate surface area is 124 Å². The number of unbranched alkanes of at least 4 members (excludes halogenated alkanes) is 5. The quantitative estimate of drug-likeness (QED) is 0.456. The van der Waals surface area contributed by atoms with Crippen LogP contribution in [0.4, 0.5) is 0 Å². The molecule has 1 fully saturated rings. The molecule has 0 bridgehead atoms. The fourth-order valence-corrected chi connectivity index (χ4v) is 2.56. The fourth-order valence-electron chi connectivity index (χ4n) is 2.56. The first-order valence-electron chi connectivity index (χ1n) is 8.36. The highest BCUT2D eigenvalue weighted by molar-refractivity contribution is 4.80. The molecule has 1 N–H and O–H groups in total. The standard InChI is InChI=1S/C17H32O3/c1-16(20-17-13-9-11-15-19-17)12-8-6-4-2-3-5-7-10-14-18/h7,10,16-18H,2-6,8-9,11-15H2,1H3/b10-7+. The molecule has 2 unspecified atom stereocenters. The number of hydrogen-bond donors (Lipinski definition) is 1. The lowest BCUT2D eigenvalue weighted by molar-refractivity contribution is -0.185. The second-order valence-corrected chi connectivity index (χ2v) is 5.74. The topological polar surface area (TPSA) is 38.7 Å². The van der Waals surface area contributed by atoms with E-state index in [-0.39, 0.29) is 12.9 Å². The molecular formula is C17H32O3. The van der Waals surface area contributed by atoms with Gasteiger partial charge in [-0.1, -0.05) is 37.8 Å². The molecule has 0 aromatic heterocycles. The van der Waals surface area contributed by atoms with Gasteiger partial charge in [0.2, 0.25) is 0 Å². The molecule has 118 valence electrons. The molecule has 1 rings (SSSR count). The first kappa shape index (κ1) is 17.7. The summed E-state index contributed by atoms with van der Waals surface area (Å²) in [5, 5.41) is 8.60. The van der Waals surface area contributed by atoms with E-state index in [1.54, 1.807) is 0 Å². The van der Waals surface area contributed by atoms with Crippen molar-refractivity contribution < 1.29 is 14.6 Å².